The van der Waals surface area contributed by atoms with Crippen LogP contribution in [0.25, 0.3) is 0 Å². The zero-order valence-electron chi connectivity index (χ0n) is 10.7. The molecule has 0 saturated carbocycles. The summed E-state index contributed by atoms with van der Waals surface area (Å²) in [6.45, 7) is 5.91. The average molecular weight is 252 g/mol. The molecule has 0 amide bonds. The van der Waals surface area contributed by atoms with Crippen molar-refractivity contribution in [2.24, 2.45) is 0 Å². The monoisotopic (exact) mass is 252 g/mol. The van der Waals surface area contributed by atoms with Crippen molar-refractivity contribution in [2.75, 3.05) is 19.6 Å². The van der Waals surface area contributed by atoms with Gasteiger partial charge in [-0.1, -0.05) is 6.92 Å². The topological polar surface area (TPSA) is 15.3 Å². The third kappa shape index (κ3) is 6.27. The number of rotatable bonds is 3. The van der Waals surface area contributed by atoms with Gasteiger partial charge in [-0.25, -0.2) is 0 Å². The van der Waals surface area contributed by atoms with Crippen molar-refractivity contribution in [1.82, 2.24) is 10.2 Å². The lowest BCUT2D eigenvalue weighted by Gasteiger charge is -2.32. The van der Waals surface area contributed by atoms with Crippen LogP contribution in [0.2, 0.25) is 0 Å². The Kier molecular flexibility index (Phi) is 5.73. The van der Waals surface area contributed by atoms with Crippen molar-refractivity contribution in [1.29, 1.82) is 0 Å². The molecule has 0 aromatic heterocycles. The molecule has 2 unspecified atom stereocenters. The smallest absolute Gasteiger partial charge is 0.311 e. The highest BCUT2D eigenvalue weighted by molar-refractivity contribution is 4.77. The van der Waals surface area contributed by atoms with E-state index in [4.69, 9.17) is 0 Å². The Bertz CT molecular complexity index is 218. The van der Waals surface area contributed by atoms with E-state index in [0.29, 0.717) is 12.1 Å². The summed E-state index contributed by atoms with van der Waals surface area (Å²) in [5.41, 5.74) is 0. The molecule has 1 N–H and O–H groups in total. The maximum Gasteiger partial charge on any atom is 0.390 e. The Balaban J connectivity index is 2.39. The molecule has 1 aliphatic heterocycles. The maximum absolute atomic E-state index is 12.2. The van der Waals surface area contributed by atoms with E-state index in [2.05, 4.69) is 19.2 Å². The number of hydrogen-bond donors (Lipinski definition) is 1. The molecule has 0 bridgehead atoms. The molecular weight excluding hydrogens is 229 g/mol. The molecule has 1 saturated heterocycles. The molecule has 102 valence electrons. The molecular formula is C12H23F3N2. The average Bonchev–Trinajstić information content (AvgIpc) is 2.21. The molecule has 1 rings (SSSR count). The first-order chi connectivity index (χ1) is 7.90. The molecule has 0 aliphatic carbocycles. The van der Waals surface area contributed by atoms with Gasteiger partial charge in [-0.15, -0.1) is 0 Å². The van der Waals surface area contributed by atoms with E-state index in [1.807, 2.05) is 4.90 Å². The second-order valence-electron chi connectivity index (χ2n) is 4.96. The predicted molar refractivity (Wildman–Crippen MR) is 63.0 cm³/mol. The SMILES string of the molecule is CCC1CCN(CCC(F)(F)F)CCC(C)N1. The van der Waals surface area contributed by atoms with Gasteiger partial charge in [0.1, 0.15) is 0 Å². The van der Waals surface area contributed by atoms with Crippen LogP contribution in [0.4, 0.5) is 13.2 Å². The van der Waals surface area contributed by atoms with Gasteiger partial charge in [0.2, 0.25) is 0 Å². The number of hydrogen-bond acceptors (Lipinski definition) is 2. The summed E-state index contributed by atoms with van der Waals surface area (Å²) < 4.78 is 36.5. The third-order valence-corrected chi connectivity index (χ3v) is 3.40. The van der Waals surface area contributed by atoms with Crippen LogP contribution in [-0.2, 0) is 0 Å². The van der Waals surface area contributed by atoms with Gasteiger partial charge in [0.25, 0.3) is 0 Å². The Hall–Kier alpha value is -0.290. The van der Waals surface area contributed by atoms with Gasteiger partial charge in [-0.05, 0) is 39.3 Å². The van der Waals surface area contributed by atoms with E-state index < -0.39 is 12.6 Å². The Labute approximate surface area is 102 Å². The highest BCUT2D eigenvalue weighted by Crippen LogP contribution is 2.20. The molecule has 0 aromatic carbocycles. The lowest BCUT2D eigenvalue weighted by Crippen LogP contribution is -2.44. The lowest BCUT2D eigenvalue weighted by atomic mass is 10.1. The Morgan fingerprint density at radius 3 is 2.47 bits per heavy atom. The zero-order valence-corrected chi connectivity index (χ0v) is 10.7. The summed E-state index contributed by atoms with van der Waals surface area (Å²) in [5, 5.41) is 3.51. The normalized spacial score (nSPS) is 28.8. The van der Waals surface area contributed by atoms with Crippen LogP contribution in [0.3, 0.4) is 0 Å². The quantitative estimate of drug-likeness (QED) is 0.831. The largest absolute Gasteiger partial charge is 0.390 e. The highest BCUT2D eigenvalue weighted by Gasteiger charge is 2.28. The minimum absolute atomic E-state index is 0.145. The molecule has 1 aliphatic rings. The van der Waals surface area contributed by atoms with Crippen molar-refractivity contribution in [3.05, 3.63) is 0 Å². The third-order valence-electron chi connectivity index (χ3n) is 3.40. The van der Waals surface area contributed by atoms with E-state index in [1.54, 1.807) is 0 Å². The fourth-order valence-corrected chi connectivity index (χ4v) is 2.23. The minimum atomic E-state index is -4.03. The molecule has 0 aromatic rings. The van der Waals surface area contributed by atoms with Crippen molar-refractivity contribution in [2.45, 2.75) is 57.8 Å². The summed E-state index contributed by atoms with van der Waals surface area (Å²) in [4.78, 5) is 1.95. The zero-order chi connectivity index (χ0) is 12.9. The van der Waals surface area contributed by atoms with Crippen molar-refractivity contribution < 1.29 is 13.2 Å². The number of alkyl halides is 3. The van der Waals surface area contributed by atoms with E-state index >= 15 is 0 Å². The molecule has 1 heterocycles. The first-order valence-corrected chi connectivity index (χ1v) is 6.46. The van der Waals surface area contributed by atoms with Crippen molar-refractivity contribution in [3.8, 4) is 0 Å². The van der Waals surface area contributed by atoms with Gasteiger partial charge >= 0.3 is 6.18 Å². The van der Waals surface area contributed by atoms with Crippen LogP contribution < -0.4 is 5.32 Å². The summed E-state index contributed by atoms with van der Waals surface area (Å²) >= 11 is 0. The summed E-state index contributed by atoms with van der Waals surface area (Å²) in [6.07, 6.45) is -1.81. The van der Waals surface area contributed by atoms with Crippen LogP contribution >= 0.6 is 0 Å². The lowest BCUT2D eigenvalue weighted by molar-refractivity contribution is -0.138. The molecule has 1 fully saturated rings. The van der Waals surface area contributed by atoms with E-state index in [9.17, 15) is 13.2 Å². The van der Waals surface area contributed by atoms with E-state index in [-0.39, 0.29) is 6.54 Å². The second-order valence-corrected chi connectivity index (χ2v) is 4.96. The predicted octanol–water partition coefficient (Wildman–Crippen LogP) is 2.79. The van der Waals surface area contributed by atoms with Crippen LogP contribution in [0.5, 0.6) is 0 Å². The minimum Gasteiger partial charge on any atom is -0.311 e. The van der Waals surface area contributed by atoms with Crippen LogP contribution in [0.1, 0.15) is 39.5 Å². The fourth-order valence-electron chi connectivity index (χ4n) is 2.23. The van der Waals surface area contributed by atoms with Crippen LogP contribution in [-0.4, -0.2) is 42.8 Å². The molecule has 2 atom stereocenters. The van der Waals surface area contributed by atoms with Gasteiger partial charge in [-0.2, -0.15) is 13.2 Å². The van der Waals surface area contributed by atoms with Gasteiger partial charge in [-0.3, -0.25) is 0 Å². The summed E-state index contributed by atoms with van der Waals surface area (Å²) in [5.74, 6) is 0. The summed E-state index contributed by atoms with van der Waals surface area (Å²) in [6, 6.07) is 0.840. The number of halogens is 3. The number of nitrogens with zero attached hydrogens (tertiary/aromatic N) is 1. The van der Waals surface area contributed by atoms with E-state index in [1.165, 1.54) is 0 Å². The van der Waals surface area contributed by atoms with Crippen LogP contribution in [0, 0.1) is 0 Å². The molecule has 0 radical (unpaired) electrons. The fraction of sp³-hybridized carbons (Fsp3) is 1.00. The van der Waals surface area contributed by atoms with Crippen LogP contribution in [0.15, 0.2) is 0 Å². The van der Waals surface area contributed by atoms with Crippen molar-refractivity contribution in [3.63, 3.8) is 0 Å². The number of nitrogens with one attached hydrogen (secondary N) is 1. The van der Waals surface area contributed by atoms with Gasteiger partial charge in [0, 0.05) is 18.6 Å². The van der Waals surface area contributed by atoms with Gasteiger partial charge in [0.15, 0.2) is 0 Å². The Morgan fingerprint density at radius 2 is 1.88 bits per heavy atom. The standard InChI is InChI=1S/C12H23F3N2/c1-3-11-5-8-17(7-4-10(2)16-11)9-6-12(13,14)15/h10-11,16H,3-9H2,1-2H3. The second kappa shape index (κ2) is 6.59. The van der Waals surface area contributed by atoms with Gasteiger partial charge in [0.05, 0.1) is 6.42 Å². The highest BCUT2D eigenvalue weighted by atomic mass is 19.4. The molecule has 2 nitrogen and oxygen atoms in total. The Morgan fingerprint density at radius 1 is 1.24 bits per heavy atom. The van der Waals surface area contributed by atoms with E-state index in [0.717, 1.165) is 32.4 Å². The maximum atomic E-state index is 12.2. The first-order valence-electron chi connectivity index (χ1n) is 6.46. The summed E-state index contributed by atoms with van der Waals surface area (Å²) in [7, 11) is 0. The van der Waals surface area contributed by atoms with Gasteiger partial charge < -0.3 is 10.2 Å². The molecule has 17 heavy (non-hydrogen) atoms. The molecule has 0 spiro atoms. The van der Waals surface area contributed by atoms with Crippen molar-refractivity contribution >= 4 is 0 Å². The molecule has 5 heteroatoms. The first kappa shape index (κ1) is 14.8.